The van der Waals surface area contributed by atoms with Gasteiger partial charge in [0.2, 0.25) is 0 Å². The second-order valence-electron chi connectivity index (χ2n) is 8.39. The molecule has 1 fully saturated rings. The molecule has 2 aromatic carbocycles. The summed E-state index contributed by atoms with van der Waals surface area (Å²) in [5, 5.41) is 5.14. The summed E-state index contributed by atoms with van der Waals surface area (Å²) in [5.74, 6) is -3.48. The van der Waals surface area contributed by atoms with Crippen LogP contribution in [0.2, 0.25) is 5.04 Å². The van der Waals surface area contributed by atoms with Gasteiger partial charge >= 0.3 is 0 Å². The van der Waals surface area contributed by atoms with Crippen molar-refractivity contribution in [1.29, 1.82) is 0 Å². The summed E-state index contributed by atoms with van der Waals surface area (Å²) in [6, 6.07) is 20.3. The minimum absolute atomic E-state index is 0.0628. The van der Waals surface area contributed by atoms with E-state index in [1.54, 1.807) is 0 Å². The van der Waals surface area contributed by atoms with E-state index in [2.05, 4.69) is 50.4 Å². The molecule has 27 heavy (non-hydrogen) atoms. The van der Waals surface area contributed by atoms with Crippen LogP contribution >= 0.6 is 0 Å². The summed E-state index contributed by atoms with van der Waals surface area (Å²) in [6.07, 6.45) is -0.123. The van der Waals surface area contributed by atoms with Gasteiger partial charge in [-0.1, -0.05) is 81.4 Å². The van der Waals surface area contributed by atoms with Gasteiger partial charge in [-0.05, 0) is 15.4 Å². The van der Waals surface area contributed by atoms with Gasteiger partial charge in [0.25, 0.3) is 14.2 Å². The monoisotopic (exact) mass is 389 g/mol. The van der Waals surface area contributed by atoms with Crippen molar-refractivity contribution in [2.45, 2.75) is 38.2 Å². The first-order chi connectivity index (χ1) is 12.8. The van der Waals surface area contributed by atoms with Gasteiger partial charge in [0.05, 0.1) is 5.92 Å². The molecular weight excluding hydrogens is 360 g/mol. The van der Waals surface area contributed by atoms with Crippen LogP contribution in [0, 0.1) is 5.92 Å². The van der Waals surface area contributed by atoms with E-state index in [1.807, 2.05) is 36.4 Å². The number of alkyl halides is 2. The molecule has 1 N–H and O–H groups in total. The lowest BCUT2D eigenvalue weighted by atomic mass is 9.96. The second kappa shape index (κ2) is 7.82. The Morgan fingerprint density at radius 2 is 1.52 bits per heavy atom. The molecule has 1 saturated heterocycles. The fourth-order valence-electron chi connectivity index (χ4n) is 4.05. The molecule has 2 aromatic rings. The van der Waals surface area contributed by atoms with Crippen molar-refractivity contribution in [3.8, 4) is 0 Å². The maximum atomic E-state index is 14.4. The summed E-state index contributed by atoms with van der Waals surface area (Å²) in [6.45, 7) is 7.21. The van der Waals surface area contributed by atoms with E-state index in [1.165, 1.54) is 0 Å². The zero-order valence-electron chi connectivity index (χ0n) is 16.3. The fourth-order valence-corrected chi connectivity index (χ4v) is 8.66. The molecule has 1 aliphatic heterocycles. The lowest BCUT2D eigenvalue weighted by Gasteiger charge is -2.44. The number of hydrogen-bond donors (Lipinski definition) is 1. The average molecular weight is 390 g/mol. The van der Waals surface area contributed by atoms with Gasteiger partial charge in [-0.15, -0.1) is 0 Å². The summed E-state index contributed by atoms with van der Waals surface area (Å²) in [5.41, 5.74) is 0. The molecule has 3 rings (SSSR count). The third kappa shape index (κ3) is 4.00. The highest BCUT2D eigenvalue weighted by molar-refractivity contribution is 6.99. The Balaban J connectivity index is 2.04. The SMILES string of the molecule is CC(C)(C)[Si](OCC1CNCCC1(F)F)(c1ccccc1)c1ccccc1. The molecule has 2 nitrogen and oxygen atoms in total. The number of benzene rings is 2. The van der Waals surface area contributed by atoms with Crippen LogP contribution in [0.25, 0.3) is 0 Å². The molecule has 0 aliphatic carbocycles. The van der Waals surface area contributed by atoms with Crippen LogP contribution in [0.15, 0.2) is 60.7 Å². The van der Waals surface area contributed by atoms with Crippen molar-refractivity contribution in [2.24, 2.45) is 5.92 Å². The van der Waals surface area contributed by atoms with Crippen LogP contribution < -0.4 is 15.7 Å². The van der Waals surface area contributed by atoms with Gasteiger partial charge < -0.3 is 9.74 Å². The first kappa shape index (κ1) is 20.2. The smallest absolute Gasteiger partial charge is 0.261 e. The Hall–Kier alpha value is -1.56. The Kier molecular flexibility index (Phi) is 5.84. The van der Waals surface area contributed by atoms with E-state index < -0.39 is 20.2 Å². The Morgan fingerprint density at radius 3 is 1.96 bits per heavy atom. The van der Waals surface area contributed by atoms with Crippen molar-refractivity contribution >= 4 is 18.7 Å². The highest BCUT2D eigenvalue weighted by Crippen LogP contribution is 2.38. The zero-order valence-corrected chi connectivity index (χ0v) is 17.3. The summed E-state index contributed by atoms with van der Waals surface area (Å²) < 4.78 is 35.5. The summed E-state index contributed by atoms with van der Waals surface area (Å²) >= 11 is 0. The molecule has 1 aliphatic rings. The Bertz CT molecular complexity index is 691. The number of halogens is 2. The predicted molar refractivity (Wildman–Crippen MR) is 109 cm³/mol. The van der Waals surface area contributed by atoms with Gasteiger partial charge in [0.1, 0.15) is 0 Å². The quantitative estimate of drug-likeness (QED) is 0.786. The molecule has 0 spiro atoms. The topological polar surface area (TPSA) is 21.3 Å². The lowest BCUT2D eigenvalue weighted by Crippen LogP contribution is -2.67. The molecule has 0 aromatic heterocycles. The molecule has 1 unspecified atom stereocenters. The van der Waals surface area contributed by atoms with Gasteiger partial charge in [-0.3, -0.25) is 0 Å². The third-order valence-corrected chi connectivity index (χ3v) is 10.5. The Labute approximate surface area is 162 Å². The maximum Gasteiger partial charge on any atom is 0.261 e. The minimum Gasteiger partial charge on any atom is -0.407 e. The molecule has 1 atom stereocenters. The van der Waals surface area contributed by atoms with Crippen LogP contribution in [0.3, 0.4) is 0 Å². The number of hydrogen-bond acceptors (Lipinski definition) is 2. The van der Waals surface area contributed by atoms with Gasteiger partial charge in [-0.25, -0.2) is 8.78 Å². The third-order valence-electron chi connectivity index (χ3n) is 5.54. The predicted octanol–water partition coefficient (Wildman–Crippen LogP) is 3.81. The van der Waals surface area contributed by atoms with Crippen molar-refractivity contribution in [1.82, 2.24) is 5.32 Å². The zero-order chi connectivity index (χ0) is 19.5. The van der Waals surface area contributed by atoms with Crippen LogP contribution in [-0.2, 0) is 4.43 Å². The van der Waals surface area contributed by atoms with E-state index in [0.29, 0.717) is 13.1 Å². The molecule has 0 radical (unpaired) electrons. The molecule has 146 valence electrons. The number of nitrogens with one attached hydrogen (secondary N) is 1. The first-order valence-corrected chi connectivity index (χ1v) is 11.5. The molecule has 0 saturated carbocycles. The van der Waals surface area contributed by atoms with E-state index in [0.717, 1.165) is 10.4 Å². The lowest BCUT2D eigenvalue weighted by molar-refractivity contribution is -0.0915. The highest BCUT2D eigenvalue weighted by Gasteiger charge is 2.52. The van der Waals surface area contributed by atoms with Crippen LogP contribution in [0.4, 0.5) is 8.78 Å². The molecule has 5 heteroatoms. The van der Waals surface area contributed by atoms with Crippen molar-refractivity contribution in [3.63, 3.8) is 0 Å². The molecular formula is C22H29F2NOSi. The van der Waals surface area contributed by atoms with Crippen LogP contribution in [0.1, 0.15) is 27.2 Å². The molecule has 1 heterocycles. The van der Waals surface area contributed by atoms with E-state index >= 15 is 0 Å². The highest BCUT2D eigenvalue weighted by atomic mass is 28.4. The van der Waals surface area contributed by atoms with Crippen LogP contribution in [0.5, 0.6) is 0 Å². The van der Waals surface area contributed by atoms with Crippen molar-refractivity contribution in [2.75, 3.05) is 19.7 Å². The molecule has 0 amide bonds. The maximum absolute atomic E-state index is 14.4. The van der Waals surface area contributed by atoms with E-state index in [-0.39, 0.29) is 18.1 Å². The summed E-state index contributed by atoms with van der Waals surface area (Å²) in [4.78, 5) is 0. The van der Waals surface area contributed by atoms with Crippen LogP contribution in [-0.4, -0.2) is 33.9 Å². The van der Waals surface area contributed by atoms with Crippen molar-refractivity contribution in [3.05, 3.63) is 60.7 Å². The van der Waals surface area contributed by atoms with E-state index in [9.17, 15) is 8.78 Å². The normalized spacial score (nSPS) is 20.4. The second-order valence-corrected chi connectivity index (χ2v) is 12.7. The first-order valence-electron chi connectivity index (χ1n) is 9.61. The number of piperidine rings is 1. The fraction of sp³-hybridized carbons (Fsp3) is 0.455. The minimum atomic E-state index is -2.76. The van der Waals surface area contributed by atoms with Gasteiger partial charge in [0, 0.05) is 26.1 Å². The Morgan fingerprint density at radius 1 is 1.00 bits per heavy atom. The van der Waals surface area contributed by atoms with Crippen molar-refractivity contribution < 1.29 is 13.2 Å². The molecule has 0 bridgehead atoms. The summed E-state index contributed by atoms with van der Waals surface area (Å²) in [7, 11) is -2.76. The largest absolute Gasteiger partial charge is 0.407 e. The van der Waals surface area contributed by atoms with Gasteiger partial charge in [0.15, 0.2) is 0 Å². The van der Waals surface area contributed by atoms with Gasteiger partial charge in [-0.2, -0.15) is 0 Å². The van der Waals surface area contributed by atoms with E-state index in [4.69, 9.17) is 4.43 Å². The average Bonchev–Trinajstić information content (AvgIpc) is 2.64. The number of rotatable bonds is 5. The standard InChI is InChI=1S/C22H29F2NOSi/c1-21(2,3)27(19-10-6-4-7-11-19,20-12-8-5-9-13-20)26-17-18-16-25-15-14-22(18,23)24/h4-13,18,25H,14-17H2,1-3H3.